The third kappa shape index (κ3) is 1.58. The summed E-state index contributed by atoms with van der Waals surface area (Å²) in [5, 5.41) is 1.76. The number of aryl methyl sites for hydroxylation is 1. The second kappa shape index (κ2) is 4.00. The number of hydrogen-bond donors (Lipinski definition) is 0. The molecule has 1 aliphatic rings. The average molecular weight is 268 g/mol. The number of nitrogens with zero attached hydrogens (tertiary/aromatic N) is 3. The van der Waals surface area contributed by atoms with Crippen LogP contribution in [-0.2, 0) is 0 Å². The zero-order valence-electron chi connectivity index (χ0n) is 14.0. The molecule has 0 N–H and O–H groups in total. The van der Waals surface area contributed by atoms with Crippen LogP contribution in [0.2, 0.25) is 0 Å². The molecule has 100 valence electrons. The molecule has 4 heteroatoms. The van der Waals surface area contributed by atoms with Crippen molar-refractivity contribution < 1.29 is 8.53 Å². The molecule has 4 nitrogen and oxygen atoms in total. The summed E-state index contributed by atoms with van der Waals surface area (Å²) < 4.78 is 28.4. The highest BCUT2D eigenvalue weighted by atomic mass is 16.3. The van der Waals surface area contributed by atoms with Crippen LogP contribution in [0.15, 0.2) is 47.1 Å². The Bertz CT molecular complexity index is 929. The molecule has 0 bridgehead atoms. The van der Waals surface area contributed by atoms with Crippen molar-refractivity contribution in [1.29, 1.82) is 0 Å². The number of pyridine rings is 1. The van der Waals surface area contributed by atoms with E-state index in [1.54, 1.807) is 12.1 Å². The predicted octanol–water partition coefficient (Wildman–Crippen LogP) is 3.47. The average Bonchev–Trinajstić information content (AvgIpc) is 3.08. The number of fused-ring (bicyclic) bond motifs is 3. The minimum atomic E-state index is -2.24. The monoisotopic (exact) mass is 268 g/mol. The lowest BCUT2D eigenvalue weighted by atomic mass is 10.1. The van der Waals surface area contributed by atoms with E-state index in [0.717, 1.165) is 28.7 Å². The lowest BCUT2D eigenvalue weighted by molar-refractivity contribution is 0.495. The molecule has 0 saturated carbocycles. The fourth-order valence-corrected chi connectivity index (χ4v) is 2.58. The second-order valence-electron chi connectivity index (χ2n) is 4.97. The molecule has 0 unspecified atom stereocenters. The number of aromatic nitrogens is 1. The number of para-hydroxylation sites is 1. The third-order valence-corrected chi connectivity index (χ3v) is 3.53. The van der Waals surface area contributed by atoms with Gasteiger partial charge in [0.25, 0.3) is 0 Å². The van der Waals surface area contributed by atoms with Crippen molar-refractivity contribution in [1.82, 2.24) is 9.88 Å². The molecule has 0 radical (unpaired) electrons. The number of hydrogen-bond acceptors (Lipinski definition) is 4. The normalized spacial score (nSPS) is 17.8. The van der Waals surface area contributed by atoms with Gasteiger partial charge < -0.3 is 14.2 Å². The highest BCUT2D eigenvalue weighted by Crippen LogP contribution is 2.35. The van der Waals surface area contributed by atoms with Gasteiger partial charge in [-0.25, -0.2) is 4.98 Å². The van der Waals surface area contributed by atoms with E-state index in [-0.39, 0.29) is 5.69 Å². The maximum Gasteiger partial charge on any atom is 0.227 e. The molecule has 0 spiro atoms. The van der Waals surface area contributed by atoms with Gasteiger partial charge in [0.05, 0.1) is 12.4 Å². The molecule has 0 fully saturated rings. The number of anilines is 1. The zero-order valence-corrected chi connectivity index (χ0v) is 11.0. The number of furan rings is 1. The molecule has 3 heterocycles. The van der Waals surface area contributed by atoms with Gasteiger partial charge >= 0.3 is 0 Å². The van der Waals surface area contributed by atoms with Crippen LogP contribution in [-0.4, -0.2) is 23.6 Å². The van der Waals surface area contributed by atoms with E-state index >= 15 is 0 Å². The van der Waals surface area contributed by atoms with Gasteiger partial charge in [-0.3, -0.25) is 0 Å². The third-order valence-electron chi connectivity index (χ3n) is 3.53. The summed E-state index contributed by atoms with van der Waals surface area (Å²) in [6.07, 6.45) is 3.98. The first kappa shape index (κ1) is 8.64. The molecule has 2 aromatic heterocycles. The Labute approximate surface area is 121 Å². The van der Waals surface area contributed by atoms with Crippen LogP contribution in [0.25, 0.3) is 22.1 Å². The molecule has 1 aliphatic heterocycles. The van der Waals surface area contributed by atoms with Gasteiger partial charge in [-0.2, -0.15) is 0 Å². The van der Waals surface area contributed by atoms with E-state index in [1.807, 2.05) is 37.6 Å². The Morgan fingerprint density at radius 1 is 1.20 bits per heavy atom. The Morgan fingerprint density at radius 3 is 2.95 bits per heavy atom. The second-order valence-corrected chi connectivity index (χ2v) is 4.97. The predicted molar refractivity (Wildman–Crippen MR) is 80.5 cm³/mol. The smallest absolute Gasteiger partial charge is 0.227 e. The van der Waals surface area contributed by atoms with Crippen LogP contribution in [0.1, 0.15) is 9.81 Å². The highest BCUT2D eigenvalue weighted by Gasteiger charge is 2.17. The van der Waals surface area contributed by atoms with Gasteiger partial charge in [0.1, 0.15) is 0 Å². The molecule has 4 rings (SSSR count). The largest absolute Gasteiger partial charge is 0.435 e. The van der Waals surface area contributed by atoms with E-state index in [4.69, 9.17) is 8.53 Å². The molecule has 20 heavy (non-hydrogen) atoms. The molecule has 1 aromatic carbocycles. The summed E-state index contributed by atoms with van der Waals surface area (Å²) >= 11 is 0. The first-order valence-corrected chi connectivity index (χ1v) is 6.41. The van der Waals surface area contributed by atoms with Crippen molar-refractivity contribution in [3.63, 3.8) is 0 Å². The summed E-state index contributed by atoms with van der Waals surface area (Å²) in [6.45, 7) is -1.50. The van der Waals surface area contributed by atoms with Crippen molar-refractivity contribution in [2.45, 2.75) is 6.85 Å². The van der Waals surface area contributed by atoms with Crippen LogP contribution in [0, 0.1) is 6.85 Å². The van der Waals surface area contributed by atoms with Crippen molar-refractivity contribution in [2.75, 3.05) is 18.6 Å². The summed E-state index contributed by atoms with van der Waals surface area (Å²) in [4.78, 5) is 8.33. The summed E-state index contributed by atoms with van der Waals surface area (Å²) in [5.41, 5.74) is 2.07. The number of rotatable bonds is 1. The Morgan fingerprint density at radius 2 is 2.15 bits per heavy atom. The van der Waals surface area contributed by atoms with Crippen LogP contribution >= 0.6 is 0 Å². The topological polar surface area (TPSA) is 32.5 Å². The van der Waals surface area contributed by atoms with Gasteiger partial charge in [-0.1, -0.05) is 12.1 Å². The standard InChI is InChI=1S/C16H15N3O/c1-11-6-7-13-12-4-3-5-14(15(12)20-16(13)17-11)19-9-8-18(2)10-19/h3-9H,10H2,1-2H3/i1D3. The first-order chi connectivity index (χ1) is 10.9. The lowest BCUT2D eigenvalue weighted by Gasteiger charge is -2.18. The molecular weight excluding hydrogens is 250 g/mol. The summed E-state index contributed by atoms with van der Waals surface area (Å²) in [6, 6.07) is 9.23. The van der Waals surface area contributed by atoms with Gasteiger partial charge in [0.15, 0.2) is 5.58 Å². The molecular formula is C16H15N3O. The minimum absolute atomic E-state index is 0.0476. The van der Waals surface area contributed by atoms with E-state index < -0.39 is 6.85 Å². The maximum absolute atomic E-state index is 7.49. The van der Waals surface area contributed by atoms with Gasteiger partial charge in [0, 0.05) is 40.0 Å². The first-order valence-electron chi connectivity index (χ1n) is 7.91. The SMILES string of the molecule is [2H]C([2H])([2H])c1ccc2c(n1)oc1c(N3C=CN(C)C3)cccc12. The Kier molecular flexibility index (Phi) is 1.73. The van der Waals surface area contributed by atoms with Crippen LogP contribution < -0.4 is 4.90 Å². The van der Waals surface area contributed by atoms with E-state index in [2.05, 4.69) is 14.8 Å². The van der Waals surface area contributed by atoms with Crippen LogP contribution in [0.5, 0.6) is 0 Å². The summed E-state index contributed by atoms with van der Waals surface area (Å²) in [7, 11) is 2.00. The van der Waals surface area contributed by atoms with E-state index in [1.165, 1.54) is 0 Å². The van der Waals surface area contributed by atoms with Gasteiger partial charge in [0.2, 0.25) is 5.71 Å². The van der Waals surface area contributed by atoms with E-state index in [9.17, 15) is 0 Å². The molecule has 0 amide bonds. The van der Waals surface area contributed by atoms with Gasteiger partial charge in [-0.05, 0) is 25.1 Å². The van der Waals surface area contributed by atoms with Crippen molar-refractivity contribution in [2.24, 2.45) is 0 Å². The van der Waals surface area contributed by atoms with Gasteiger partial charge in [-0.15, -0.1) is 0 Å². The lowest BCUT2D eigenvalue weighted by Crippen LogP contribution is -2.21. The molecule has 0 atom stereocenters. The number of benzene rings is 1. The highest BCUT2D eigenvalue weighted by molar-refractivity contribution is 6.08. The quantitative estimate of drug-likeness (QED) is 0.676. The Hall–Kier alpha value is -2.49. The Balaban J connectivity index is 1.92. The van der Waals surface area contributed by atoms with Crippen molar-refractivity contribution in [3.8, 4) is 0 Å². The van der Waals surface area contributed by atoms with Crippen LogP contribution in [0.4, 0.5) is 5.69 Å². The van der Waals surface area contributed by atoms with Crippen molar-refractivity contribution >= 4 is 27.8 Å². The van der Waals surface area contributed by atoms with Crippen molar-refractivity contribution in [3.05, 3.63) is 48.4 Å². The molecule has 0 aliphatic carbocycles. The zero-order chi connectivity index (χ0) is 16.2. The molecule has 3 aromatic rings. The maximum atomic E-state index is 7.49. The fourth-order valence-electron chi connectivity index (χ4n) is 2.58. The molecule has 0 saturated heterocycles. The van der Waals surface area contributed by atoms with Crippen LogP contribution in [0.3, 0.4) is 0 Å². The summed E-state index contributed by atoms with van der Waals surface area (Å²) in [5.74, 6) is 0. The minimum Gasteiger partial charge on any atom is -0.435 e. The van der Waals surface area contributed by atoms with E-state index in [0.29, 0.717) is 5.71 Å². The fraction of sp³-hybridized carbons (Fsp3) is 0.188.